The van der Waals surface area contributed by atoms with E-state index in [4.69, 9.17) is 22.3 Å². The summed E-state index contributed by atoms with van der Waals surface area (Å²) in [4.78, 5) is 0. The van der Waals surface area contributed by atoms with E-state index in [2.05, 4.69) is 96.6 Å². The predicted octanol–water partition coefficient (Wildman–Crippen LogP) is 9.07. The smallest absolute Gasteiger partial charge is 0.120 e. The zero-order valence-corrected chi connectivity index (χ0v) is 39.7. The number of nitrogens with two attached hydrogens (primary N) is 3. The van der Waals surface area contributed by atoms with E-state index in [1.165, 1.54) is 114 Å². The lowest BCUT2D eigenvalue weighted by Gasteiger charge is -2.09. The van der Waals surface area contributed by atoms with Crippen molar-refractivity contribution >= 4 is 0 Å². The molecule has 0 radical (unpaired) electrons. The average Bonchev–Trinajstić information content (AvgIpc) is 3.27. The van der Waals surface area contributed by atoms with Crippen molar-refractivity contribution in [2.75, 3.05) is 59.5 Å². The predicted molar refractivity (Wildman–Crippen MR) is 271 cm³/mol. The Morgan fingerprint density at radius 1 is 0.484 bits per heavy atom. The third-order valence-corrected chi connectivity index (χ3v) is 9.61. The highest BCUT2D eigenvalue weighted by molar-refractivity contribution is 5.36. The van der Waals surface area contributed by atoms with Gasteiger partial charge < -0.3 is 53.9 Å². The molecule has 0 atom stereocenters. The van der Waals surface area contributed by atoms with Crippen molar-refractivity contribution in [3.63, 3.8) is 0 Å². The minimum absolute atomic E-state index is 0. The Labute approximate surface area is 380 Å². The number of aliphatic hydroxyl groups excluding tert-OH is 1. The van der Waals surface area contributed by atoms with Crippen molar-refractivity contribution in [1.82, 2.24) is 16.0 Å². The van der Waals surface area contributed by atoms with Crippen LogP contribution in [-0.2, 0) is 19.4 Å². The number of nitrogens with one attached hydrogen (secondary N) is 3. The molecule has 0 unspecified atom stereocenters. The molecule has 0 aromatic heterocycles. The highest BCUT2D eigenvalue weighted by Crippen LogP contribution is 2.21. The normalized spacial score (nSPS) is 11.0. The Balaban J connectivity index is -0.000000952. The number of unbranched alkanes of at least 4 members (excludes halogenated alkanes) is 12. The number of hydrogen-bond donors (Lipinski definition) is 9. The summed E-state index contributed by atoms with van der Waals surface area (Å²) in [6.07, 6.45) is 42.7. The van der Waals surface area contributed by atoms with Crippen LogP contribution in [0.5, 0.6) is 11.5 Å². The number of rotatable bonds is 35. The number of allylic oxidation sites excluding steroid dienone is 8. The van der Waals surface area contributed by atoms with Gasteiger partial charge >= 0.3 is 0 Å². The molecule has 0 spiro atoms. The highest BCUT2D eigenvalue weighted by Gasteiger charge is 2.03. The maximum atomic E-state index is 10.3. The topological polar surface area (TPSA) is 206 Å². The van der Waals surface area contributed by atoms with Gasteiger partial charge in [-0.15, -0.1) is 0 Å². The summed E-state index contributed by atoms with van der Waals surface area (Å²) < 4.78 is 0. The van der Waals surface area contributed by atoms with Gasteiger partial charge in [0.15, 0.2) is 0 Å². The number of aliphatic hydroxyl groups is 1. The fourth-order valence-corrected chi connectivity index (χ4v) is 6.17. The van der Waals surface area contributed by atoms with E-state index >= 15 is 0 Å². The SMILES string of the molecule is CCC/C=C/C/C=C/CCCCCCCc1cccc(O)c1.CCCC=CC/C=C/CCCCCCCc1ccc(CNCCNCCN)c(O)c1.CO.NCCNCCN.O. The molecule has 2 aromatic carbocycles. The molecule has 0 saturated heterocycles. The van der Waals surface area contributed by atoms with Crippen LogP contribution in [0.1, 0.15) is 146 Å². The van der Waals surface area contributed by atoms with E-state index in [0.29, 0.717) is 37.7 Å². The Kier molecular flexibility index (Phi) is 54.7. The minimum Gasteiger partial charge on any atom is -0.508 e. The summed E-state index contributed by atoms with van der Waals surface area (Å²) in [5.41, 5.74) is 19.2. The molecular weight excluding hydrogens is 773 g/mol. The summed E-state index contributed by atoms with van der Waals surface area (Å²) in [5.74, 6) is 0.792. The highest BCUT2D eigenvalue weighted by atomic mass is 16.3. The number of hydrogen-bond acceptors (Lipinski definition) is 9. The lowest BCUT2D eigenvalue weighted by atomic mass is 10.0. The van der Waals surface area contributed by atoms with E-state index in [-0.39, 0.29) is 5.48 Å². The monoisotopic (exact) mass is 869 g/mol. The van der Waals surface area contributed by atoms with Gasteiger partial charge in [0.2, 0.25) is 0 Å². The van der Waals surface area contributed by atoms with Crippen molar-refractivity contribution < 1.29 is 20.8 Å². The van der Waals surface area contributed by atoms with Crippen molar-refractivity contribution in [1.29, 1.82) is 0 Å². The van der Waals surface area contributed by atoms with Crippen LogP contribution in [0, 0.1) is 0 Å². The van der Waals surface area contributed by atoms with Gasteiger partial charge in [0.1, 0.15) is 11.5 Å². The molecule has 0 aliphatic rings. The van der Waals surface area contributed by atoms with E-state index in [9.17, 15) is 10.2 Å². The molecule has 0 aliphatic heterocycles. The van der Waals surface area contributed by atoms with E-state index in [1.807, 2.05) is 18.2 Å². The Morgan fingerprint density at radius 3 is 1.39 bits per heavy atom. The first kappa shape index (κ1) is 63.0. The molecule has 62 heavy (non-hydrogen) atoms. The molecular formula is C52H96N6O4. The summed E-state index contributed by atoms with van der Waals surface area (Å²) in [6.45, 7) is 11.5. The minimum atomic E-state index is 0. The molecule has 0 aliphatic carbocycles. The van der Waals surface area contributed by atoms with Crippen LogP contribution in [-0.4, -0.2) is 80.3 Å². The third kappa shape index (κ3) is 46.2. The van der Waals surface area contributed by atoms with Crippen LogP contribution >= 0.6 is 0 Å². The fraction of sp³-hybridized carbons (Fsp3) is 0.615. The van der Waals surface area contributed by atoms with Crippen molar-refractivity contribution in [3.8, 4) is 11.5 Å². The first-order chi connectivity index (χ1) is 30.0. The largest absolute Gasteiger partial charge is 0.508 e. The number of aryl methyl sites for hydroxylation is 2. The maximum absolute atomic E-state index is 10.3. The molecule has 0 heterocycles. The van der Waals surface area contributed by atoms with Crippen LogP contribution < -0.4 is 33.2 Å². The molecule has 2 rings (SSSR count). The molecule has 0 fully saturated rings. The van der Waals surface area contributed by atoms with Crippen molar-refractivity contribution in [3.05, 3.63) is 108 Å². The zero-order valence-electron chi connectivity index (χ0n) is 39.7. The van der Waals surface area contributed by atoms with Gasteiger partial charge in [-0.25, -0.2) is 0 Å². The van der Waals surface area contributed by atoms with Crippen LogP contribution in [0.3, 0.4) is 0 Å². The standard InChI is InChI=1S/C26H45N3O.C21H32O.C4H13N3.CH4O.H2O/c1-2-3-4-5-6-7-8-9-10-11-12-13-14-15-24-16-17-25(26(30)22-24)23-29-21-20-28-19-18-27;1-2-3-4-5-6-7-8-9-10-11-12-13-14-16-20-17-15-18-21(22)19-20;5-1-3-7-4-2-6;1-2;/h4-5,7-8,16-17,22,28-30H,2-3,6,9-15,18-21,23,27H2,1H3;4-5,7-8,15,17-19,22H,2-3,6,9-14,16H2,1H3;7H,1-6H2;2H,1H3;1H2/b5-4?,8-7+;5-4+,8-7+;;;. The summed E-state index contributed by atoms with van der Waals surface area (Å²) in [6, 6.07) is 13.8. The van der Waals surface area contributed by atoms with Gasteiger partial charge in [0.05, 0.1) is 0 Å². The second-order valence-electron chi connectivity index (χ2n) is 15.2. The maximum Gasteiger partial charge on any atom is 0.120 e. The third-order valence-electron chi connectivity index (χ3n) is 9.61. The van der Waals surface area contributed by atoms with Crippen LogP contribution in [0.25, 0.3) is 0 Å². The number of phenols is 2. The van der Waals surface area contributed by atoms with Gasteiger partial charge in [-0.1, -0.05) is 138 Å². The van der Waals surface area contributed by atoms with E-state index in [0.717, 1.165) is 71.1 Å². The van der Waals surface area contributed by atoms with Crippen LogP contribution in [0.15, 0.2) is 91.1 Å². The van der Waals surface area contributed by atoms with E-state index < -0.39 is 0 Å². The first-order valence-corrected chi connectivity index (χ1v) is 23.9. The van der Waals surface area contributed by atoms with Crippen molar-refractivity contribution in [2.24, 2.45) is 17.2 Å². The number of aromatic hydroxyl groups is 2. The zero-order chi connectivity index (χ0) is 45.1. The van der Waals surface area contributed by atoms with Gasteiger partial charge in [0.25, 0.3) is 0 Å². The first-order valence-electron chi connectivity index (χ1n) is 23.9. The number of benzene rings is 2. The molecule has 0 bridgehead atoms. The second kappa shape index (κ2) is 53.8. The van der Waals surface area contributed by atoms with Gasteiger partial charge in [-0.05, 0) is 106 Å². The average molecular weight is 869 g/mol. The van der Waals surface area contributed by atoms with Crippen LogP contribution in [0.2, 0.25) is 0 Å². The summed E-state index contributed by atoms with van der Waals surface area (Å²) in [7, 11) is 1.00. The molecule has 0 saturated carbocycles. The molecule has 10 nitrogen and oxygen atoms in total. The summed E-state index contributed by atoms with van der Waals surface area (Å²) in [5, 5.41) is 36.3. The van der Waals surface area contributed by atoms with Crippen molar-refractivity contribution in [2.45, 2.75) is 149 Å². The lowest BCUT2D eigenvalue weighted by molar-refractivity contribution is 0.399. The van der Waals surface area contributed by atoms with Gasteiger partial charge in [0, 0.05) is 71.6 Å². The quantitative estimate of drug-likeness (QED) is 0.0239. The molecule has 358 valence electrons. The Bertz CT molecular complexity index is 1300. The fourth-order valence-electron chi connectivity index (χ4n) is 6.17. The van der Waals surface area contributed by atoms with Gasteiger partial charge in [-0.3, -0.25) is 0 Å². The number of phenolic OH excluding ortho intramolecular Hbond substituents is 2. The van der Waals surface area contributed by atoms with Gasteiger partial charge in [-0.2, -0.15) is 0 Å². The Hall–Kier alpha value is -3.32. The summed E-state index contributed by atoms with van der Waals surface area (Å²) >= 11 is 0. The molecule has 10 heteroatoms. The molecule has 2 aromatic rings. The van der Waals surface area contributed by atoms with E-state index in [1.54, 1.807) is 6.07 Å². The second-order valence-corrected chi connectivity index (χ2v) is 15.2. The van der Waals surface area contributed by atoms with Crippen LogP contribution in [0.4, 0.5) is 0 Å². The Morgan fingerprint density at radius 2 is 0.919 bits per heavy atom. The molecule has 14 N–H and O–H groups in total. The lowest BCUT2D eigenvalue weighted by Crippen LogP contribution is -2.30. The molecule has 0 amide bonds.